The Morgan fingerprint density at radius 2 is 2.14 bits per heavy atom. The number of benzene rings is 1. The Kier molecular flexibility index (Phi) is 3.30. The van der Waals surface area contributed by atoms with Crippen LogP contribution < -0.4 is 5.32 Å². The molecule has 1 N–H and O–H groups in total. The number of amides is 1. The number of hydrogen-bond acceptors (Lipinski definition) is 7. The quantitative estimate of drug-likeness (QED) is 0.723. The van der Waals surface area contributed by atoms with Gasteiger partial charge in [0.25, 0.3) is 5.22 Å². The molecule has 1 amide bonds. The fourth-order valence-corrected chi connectivity index (χ4v) is 2.61. The smallest absolute Gasteiger partial charge is 0.322 e. The highest BCUT2D eigenvalue weighted by atomic mass is 32.2. The monoisotopic (exact) mass is 316 g/mol. The Balaban J connectivity index is 1.35. The van der Waals surface area contributed by atoms with Gasteiger partial charge in [0, 0.05) is 5.92 Å². The van der Waals surface area contributed by atoms with E-state index in [2.05, 4.69) is 20.5 Å². The van der Waals surface area contributed by atoms with Gasteiger partial charge in [0.1, 0.15) is 5.52 Å². The highest BCUT2D eigenvalue weighted by molar-refractivity contribution is 7.99. The van der Waals surface area contributed by atoms with Gasteiger partial charge in [0.2, 0.25) is 11.8 Å². The van der Waals surface area contributed by atoms with E-state index < -0.39 is 0 Å². The largest absolute Gasteiger partial charge is 0.431 e. The Morgan fingerprint density at radius 3 is 2.95 bits per heavy atom. The molecule has 1 fully saturated rings. The molecule has 0 spiro atoms. The first kappa shape index (κ1) is 13.3. The zero-order valence-corrected chi connectivity index (χ0v) is 12.3. The lowest BCUT2D eigenvalue weighted by Gasteiger charge is -1.97. The van der Waals surface area contributed by atoms with Crippen molar-refractivity contribution >= 4 is 34.8 Å². The van der Waals surface area contributed by atoms with Crippen LogP contribution in [0.5, 0.6) is 0 Å². The Labute approximate surface area is 129 Å². The van der Waals surface area contributed by atoms with Crippen molar-refractivity contribution in [3.8, 4) is 0 Å². The average molecular weight is 316 g/mol. The minimum absolute atomic E-state index is 0.144. The van der Waals surface area contributed by atoms with Crippen LogP contribution in [0, 0.1) is 0 Å². The van der Waals surface area contributed by atoms with Crippen LogP contribution in [0.25, 0.3) is 11.1 Å². The predicted molar refractivity (Wildman–Crippen MR) is 79.6 cm³/mol. The van der Waals surface area contributed by atoms with E-state index in [1.165, 1.54) is 11.8 Å². The molecule has 1 aliphatic carbocycles. The summed E-state index contributed by atoms with van der Waals surface area (Å²) in [6, 6.07) is 7.61. The molecule has 2 heterocycles. The Bertz CT molecular complexity index is 791. The molecule has 0 bridgehead atoms. The second-order valence-electron chi connectivity index (χ2n) is 5.00. The number of para-hydroxylation sites is 2. The van der Waals surface area contributed by atoms with E-state index in [1.807, 2.05) is 24.3 Å². The second kappa shape index (κ2) is 5.45. The summed E-state index contributed by atoms with van der Waals surface area (Å²) in [6.07, 6.45) is 2.15. The first-order valence-electron chi connectivity index (χ1n) is 6.89. The summed E-state index contributed by atoms with van der Waals surface area (Å²) in [4.78, 5) is 16.2. The Hall–Kier alpha value is -2.35. The number of thioether (sulfide) groups is 1. The maximum absolute atomic E-state index is 11.9. The summed E-state index contributed by atoms with van der Waals surface area (Å²) >= 11 is 1.22. The summed E-state index contributed by atoms with van der Waals surface area (Å²) in [5.41, 5.74) is 1.48. The second-order valence-corrected chi connectivity index (χ2v) is 5.93. The molecular formula is C14H12N4O3S. The van der Waals surface area contributed by atoms with Crippen LogP contribution >= 0.6 is 11.8 Å². The number of nitrogens with one attached hydrogen (secondary N) is 1. The highest BCUT2D eigenvalue weighted by Crippen LogP contribution is 2.39. The number of carbonyl (C=O) groups is 1. The third kappa shape index (κ3) is 2.82. The van der Waals surface area contributed by atoms with Crippen molar-refractivity contribution in [3.63, 3.8) is 0 Å². The molecule has 0 unspecified atom stereocenters. The summed E-state index contributed by atoms with van der Waals surface area (Å²) in [5.74, 6) is 0.890. The molecule has 8 heteroatoms. The van der Waals surface area contributed by atoms with E-state index in [0.29, 0.717) is 22.6 Å². The van der Waals surface area contributed by atoms with Crippen molar-refractivity contribution in [1.29, 1.82) is 0 Å². The van der Waals surface area contributed by atoms with Gasteiger partial charge in [0.05, 0.1) is 5.75 Å². The Morgan fingerprint density at radius 1 is 1.27 bits per heavy atom. The molecule has 1 aromatic carbocycles. The van der Waals surface area contributed by atoms with Gasteiger partial charge in [-0.2, -0.15) is 0 Å². The van der Waals surface area contributed by atoms with E-state index in [-0.39, 0.29) is 17.7 Å². The van der Waals surface area contributed by atoms with Crippen molar-refractivity contribution < 1.29 is 13.6 Å². The van der Waals surface area contributed by atoms with Crippen LogP contribution in [0.2, 0.25) is 0 Å². The number of anilines is 1. The molecule has 1 aliphatic rings. The summed E-state index contributed by atoms with van der Waals surface area (Å²) in [7, 11) is 0. The zero-order valence-electron chi connectivity index (χ0n) is 11.5. The lowest BCUT2D eigenvalue weighted by atomic mass is 10.3. The minimum atomic E-state index is -0.238. The number of oxazole rings is 1. The van der Waals surface area contributed by atoms with E-state index in [0.717, 1.165) is 18.4 Å². The fourth-order valence-electron chi connectivity index (χ4n) is 1.98. The average Bonchev–Trinajstić information content (AvgIpc) is 3.12. The molecule has 2 aromatic heterocycles. The van der Waals surface area contributed by atoms with Crippen molar-refractivity contribution in [2.45, 2.75) is 24.0 Å². The van der Waals surface area contributed by atoms with Crippen LogP contribution in [-0.2, 0) is 4.79 Å². The molecule has 0 atom stereocenters. The van der Waals surface area contributed by atoms with Gasteiger partial charge < -0.3 is 8.83 Å². The fraction of sp³-hybridized carbons (Fsp3) is 0.286. The molecule has 3 aromatic rings. The molecule has 112 valence electrons. The van der Waals surface area contributed by atoms with E-state index in [1.54, 1.807) is 0 Å². The van der Waals surface area contributed by atoms with Crippen LogP contribution in [0.4, 0.5) is 6.01 Å². The third-order valence-electron chi connectivity index (χ3n) is 3.21. The number of fused-ring (bicyclic) bond motifs is 1. The van der Waals surface area contributed by atoms with Crippen LogP contribution in [0.1, 0.15) is 24.7 Å². The van der Waals surface area contributed by atoms with Gasteiger partial charge in [-0.25, -0.2) is 4.98 Å². The van der Waals surface area contributed by atoms with Crippen molar-refractivity contribution in [1.82, 2.24) is 15.2 Å². The molecule has 7 nitrogen and oxygen atoms in total. The number of rotatable bonds is 5. The lowest BCUT2D eigenvalue weighted by molar-refractivity contribution is -0.113. The zero-order chi connectivity index (χ0) is 14.9. The molecule has 4 rings (SSSR count). The number of carbonyl (C=O) groups excluding carboxylic acids is 1. The van der Waals surface area contributed by atoms with Gasteiger partial charge in [-0.3, -0.25) is 10.1 Å². The van der Waals surface area contributed by atoms with Gasteiger partial charge in [-0.05, 0) is 25.0 Å². The highest BCUT2D eigenvalue weighted by Gasteiger charge is 2.29. The lowest BCUT2D eigenvalue weighted by Crippen LogP contribution is -2.14. The standard InChI is InChI=1S/C14H12N4O3S/c19-11(16-13-18-17-12(21-13)8-5-6-8)7-22-14-15-9-3-1-2-4-10(9)20-14/h1-4,8H,5-7H2,(H,16,18,19). The van der Waals surface area contributed by atoms with Crippen LogP contribution in [0.3, 0.4) is 0 Å². The van der Waals surface area contributed by atoms with Gasteiger partial charge in [0.15, 0.2) is 5.58 Å². The molecule has 0 saturated heterocycles. The maximum atomic E-state index is 11.9. The molecule has 0 radical (unpaired) electrons. The van der Waals surface area contributed by atoms with Gasteiger partial charge in [-0.1, -0.05) is 29.0 Å². The van der Waals surface area contributed by atoms with E-state index >= 15 is 0 Å². The summed E-state index contributed by atoms with van der Waals surface area (Å²) < 4.78 is 10.9. The molecule has 0 aliphatic heterocycles. The topological polar surface area (TPSA) is 94.1 Å². The minimum Gasteiger partial charge on any atom is -0.431 e. The van der Waals surface area contributed by atoms with E-state index in [4.69, 9.17) is 8.83 Å². The van der Waals surface area contributed by atoms with Crippen molar-refractivity contribution in [3.05, 3.63) is 30.2 Å². The third-order valence-corrected chi connectivity index (χ3v) is 4.04. The SMILES string of the molecule is O=C(CSc1nc2ccccc2o1)Nc1nnc(C2CC2)o1. The molecule has 22 heavy (non-hydrogen) atoms. The number of nitrogens with zero attached hydrogens (tertiary/aromatic N) is 3. The molecular weight excluding hydrogens is 304 g/mol. The first-order chi connectivity index (χ1) is 10.8. The normalized spacial score (nSPS) is 14.4. The van der Waals surface area contributed by atoms with Crippen molar-refractivity contribution in [2.75, 3.05) is 11.1 Å². The maximum Gasteiger partial charge on any atom is 0.322 e. The molecule has 1 saturated carbocycles. The summed E-state index contributed by atoms with van der Waals surface area (Å²) in [6.45, 7) is 0. The van der Waals surface area contributed by atoms with Crippen LogP contribution in [-0.4, -0.2) is 26.8 Å². The summed E-state index contributed by atoms with van der Waals surface area (Å²) in [5, 5.41) is 10.8. The van der Waals surface area contributed by atoms with Gasteiger partial charge in [-0.15, -0.1) is 5.10 Å². The van der Waals surface area contributed by atoms with Gasteiger partial charge >= 0.3 is 6.01 Å². The van der Waals surface area contributed by atoms with Crippen molar-refractivity contribution in [2.24, 2.45) is 0 Å². The van der Waals surface area contributed by atoms with E-state index in [9.17, 15) is 4.79 Å². The predicted octanol–water partition coefficient (Wildman–Crippen LogP) is 2.82. The first-order valence-corrected chi connectivity index (χ1v) is 7.88. The number of hydrogen-bond donors (Lipinski definition) is 1. The van der Waals surface area contributed by atoms with Crippen LogP contribution in [0.15, 0.2) is 38.3 Å². The number of aromatic nitrogens is 3.